The van der Waals surface area contributed by atoms with Crippen molar-refractivity contribution >= 4 is 125 Å². The summed E-state index contributed by atoms with van der Waals surface area (Å²) in [7, 11) is 0. The summed E-state index contributed by atoms with van der Waals surface area (Å²) in [6.07, 6.45) is 3.48. The first-order valence-corrected chi connectivity index (χ1v) is 27.3. The van der Waals surface area contributed by atoms with Gasteiger partial charge in [-0.25, -0.2) is 0 Å². The van der Waals surface area contributed by atoms with Crippen molar-refractivity contribution in [1.29, 1.82) is 0 Å². The quantitative estimate of drug-likeness (QED) is 0.127. The van der Waals surface area contributed by atoms with Gasteiger partial charge in [-0.1, -0.05) is 136 Å². The first-order valence-electron chi connectivity index (χ1n) is 26.2. The summed E-state index contributed by atoms with van der Waals surface area (Å²) in [5, 5.41) is 2.61. The highest BCUT2D eigenvalue weighted by Gasteiger charge is 2.48. The molecule has 13 rings (SSSR count). The molecule has 5 heterocycles. The Kier molecular flexibility index (Phi) is 10.1. The summed E-state index contributed by atoms with van der Waals surface area (Å²) in [5.74, 6) is 1.88. The van der Waals surface area contributed by atoms with Gasteiger partial charge in [0.15, 0.2) is 0 Å². The molecule has 4 aliphatic rings. The van der Waals surface area contributed by atoms with Crippen LogP contribution in [0.1, 0.15) is 110 Å². The van der Waals surface area contributed by atoms with Crippen LogP contribution < -0.4 is 47.3 Å². The predicted octanol–water partition coefficient (Wildman–Crippen LogP) is 13.9. The highest BCUT2D eigenvalue weighted by Crippen LogP contribution is 2.48. The lowest BCUT2D eigenvalue weighted by Gasteiger charge is -2.46. The molecule has 0 bridgehead atoms. The number of para-hydroxylation sites is 1. The van der Waals surface area contributed by atoms with E-state index in [0.717, 1.165) is 23.6 Å². The number of aryl methyl sites for hydroxylation is 2. The van der Waals surface area contributed by atoms with Crippen LogP contribution in [0.3, 0.4) is 0 Å². The van der Waals surface area contributed by atoms with E-state index in [9.17, 15) is 0 Å². The fraction of sp³-hybridized carbons (Fsp3) is 0.262. The number of hydrogen-bond acceptors (Lipinski definition) is 3. The number of ether oxygens (including phenoxy) is 1. The molecular formula is C65H62B2IN3O. The Balaban J connectivity index is 1.12. The highest BCUT2D eigenvalue weighted by molar-refractivity contribution is 14.1. The minimum absolute atomic E-state index is 0.0211. The van der Waals surface area contributed by atoms with Crippen LogP contribution in [0.2, 0.25) is 0 Å². The zero-order valence-electron chi connectivity index (χ0n) is 43.7. The molecule has 0 aliphatic carbocycles. The molecule has 0 radical (unpaired) electrons. The number of benzene rings is 8. The van der Waals surface area contributed by atoms with Gasteiger partial charge in [0.05, 0.1) is 5.52 Å². The van der Waals surface area contributed by atoms with Crippen molar-refractivity contribution in [2.75, 3.05) is 9.80 Å². The van der Waals surface area contributed by atoms with Crippen molar-refractivity contribution in [3.8, 4) is 17.2 Å². The Bertz CT molecular complexity index is 3750. The number of anilines is 6. The molecule has 4 nitrogen and oxygen atoms in total. The lowest BCUT2D eigenvalue weighted by Crippen LogP contribution is -2.64. The SMILES string of the molecule is CCCCc1ccc(N2c3ccc(C)cc3B3c4cc5c(cc4N(c4ccc(I)cc4)c4cc(C(C)(C)C)cc2c43)Oc2cc(C(C)(C)C)cc3c2B5c2cccc4c5cc(C(C)(C)C)ccc5n-3c24)cc1. The van der Waals surface area contributed by atoms with E-state index in [2.05, 4.69) is 253 Å². The zero-order valence-corrected chi connectivity index (χ0v) is 45.8. The number of nitrogens with zero attached hydrogens (tertiary/aromatic N) is 3. The molecule has 0 spiro atoms. The summed E-state index contributed by atoms with van der Waals surface area (Å²) in [6, 6.07) is 54.8. The molecule has 0 N–H and O–H groups in total. The zero-order chi connectivity index (χ0) is 49.9. The van der Waals surface area contributed by atoms with Crippen molar-refractivity contribution in [1.82, 2.24) is 4.57 Å². The summed E-state index contributed by atoms with van der Waals surface area (Å²) in [4.78, 5) is 5.13. The van der Waals surface area contributed by atoms with E-state index in [1.165, 1.54) is 133 Å². The van der Waals surface area contributed by atoms with E-state index in [0.29, 0.717) is 0 Å². The number of halogens is 1. The average Bonchev–Trinajstić information content (AvgIpc) is 3.68. The number of aromatic nitrogens is 1. The molecule has 0 fully saturated rings. The first kappa shape index (κ1) is 45.7. The second kappa shape index (κ2) is 15.9. The van der Waals surface area contributed by atoms with Gasteiger partial charge in [-0.3, -0.25) is 0 Å². The second-order valence-corrected chi connectivity index (χ2v) is 25.5. The van der Waals surface area contributed by atoms with Crippen molar-refractivity contribution in [3.05, 3.63) is 171 Å². The number of fused-ring (bicyclic) bond motifs is 11. The third-order valence-corrected chi connectivity index (χ3v) is 17.1. The molecule has 4 aliphatic heterocycles. The van der Waals surface area contributed by atoms with Crippen LogP contribution in [-0.4, -0.2) is 18.0 Å². The maximum Gasteiger partial charge on any atom is 0.256 e. The molecule has 0 unspecified atom stereocenters. The fourth-order valence-corrected chi connectivity index (χ4v) is 12.9. The van der Waals surface area contributed by atoms with Crippen LogP contribution in [0.25, 0.3) is 27.5 Å². The lowest BCUT2D eigenvalue weighted by molar-refractivity contribution is 0.483. The number of hydrogen-bond donors (Lipinski definition) is 0. The van der Waals surface area contributed by atoms with Crippen molar-refractivity contribution in [2.24, 2.45) is 0 Å². The van der Waals surface area contributed by atoms with Crippen LogP contribution in [0.5, 0.6) is 11.5 Å². The molecule has 9 aromatic rings. The summed E-state index contributed by atoms with van der Waals surface area (Å²) in [5.41, 5.74) is 25.1. The summed E-state index contributed by atoms with van der Waals surface area (Å²) in [6.45, 7) is 25.5. The van der Waals surface area contributed by atoms with Gasteiger partial charge in [0.1, 0.15) is 11.5 Å². The summed E-state index contributed by atoms with van der Waals surface area (Å²) >= 11 is 2.44. The van der Waals surface area contributed by atoms with Gasteiger partial charge in [0.25, 0.3) is 13.4 Å². The number of unbranched alkanes of at least 4 members (excludes halogenated alkanes) is 1. The normalized spacial score (nSPS) is 14.3. The van der Waals surface area contributed by atoms with Gasteiger partial charge >= 0.3 is 0 Å². The molecule has 356 valence electrons. The predicted molar refractivity (Wildman–Crippen MR) is 318 cm³/mol. The van der Waals surface area contributed by atoms with Crippen molar-refractivity contribution in [3.63, 3.8) is 0 Å². The third kappa shape index (κ3) is 6.84. The molecule has 0 atom stereocenters. The molecule has 1 aromatic heterocycles. The largest absolute Gasteiger partial charge is 0.458 e. The second-order valence-electron chi connectivity index (χ2n) is 24.3. The van der Waals surface area contributed by atoms with Gasteiger partial charge in [0, 0.05) is 65.7 Å². The van der Waals surface area contributed by atoms with E-state index >= 15 is 0 Å². The molecule has 0 saturated carbocycles. The molecule has 7 heteroatoms. The maximum absolute atomic E-state index is 7.51. The first-order chi connectivity index (χ1) is 34.4. The monoisotopic (exact) mass is 1050 g/mol. The van der Waals surface area contributed by atoms with Gasteiger partial charge in [0.2, 0.25) is 0 Å². The van der Waals surface area contributed by atoms with E-state index < -0.39 is 0 Å². The molecule has 8 aromatic carbocycles. The van der Waals surface area contributed by atoms with E-state index in [-0.39, 0.29) is 29.7 Å². The lowest BCUT2D eigenvalue weighted by atomic mass is 9.30. The van der Waals surface area contributed by atoms with Gasteiger partial charge in [-0.2, -0.15) is 0 Å². The van der Waals surface area contributed by atoms with Crippen molar-refractivity contribution in [2.45, 2.75) is 112 Å². The summed E-state index contributed by atoms with van der Waals surface area (Å²) < 4.78 is 11.3. The molecule has 0 saturated heterocycles. The van der Waals surface area contributed by atoms with E-state index in [1.807, 2.05) is 0 Å². The highest BCUT2D eigenvalue weighted by atomic mass is 127. The number of rotatable bonds is 5. The minimum Gasteiger partial charge on any atom is -0.458 e. The Morgan fingerprint density at radius 2 is 1.12 bits per heavy atom. The third-order valence-electron chi connectivity index (χ3n) is 16.4. The Morgan fingerprint density at radius 1 is 0.500 bits per heavy atom. The molecule has 0 amide bonds. The maximum atomic E-state index is 7.51. The van der Waals surface area contributed by atoms with E-state index in [4.69, 9.17) is 4.74 Å². The van der Waals surface area contributed by atoms with Gasteiger partial charge in [-0.15, -0.1) is 0 Å². The van der Waals surface area contributed by atoms with Crippen LogP contribution in [0.4, 0.5) is 34.1 Å². The van der Waals surface area contributed by atoms with Gasteiger partial charge in [-0.05, 0) is 192 Å². The topological polar surface area (TPSA) is 20.6 Å². The Hall–Kier alpha value is -6.18. The van der Waals surface area contributed by atoms with Crippen LogP contribution in [0, 0.1) is 10.5 Å². The minimum atomic E-state index is -0.119. The molecule has 72 heavy (non-hydrogen) atoms. The van der Waals surface area contributed by atoms with Crippen molar-refractivity contribution < 1.29 is 4.74 Å². The van der Waals surface area contributed by atoms with Crippen LogP contribution >= 0.6 is 22.6 Å². The van der Waals surface area contributed by atoms with Crippen LogP contribution in [0.15, 0.2) is 140 Å². The fourth-order valence-electron chi connectivity index (χ4n) is 12.5. The average molecular weight is 1050 g/mol. The van der Waals surface area contributed by atoms with E-state index in [1.54, 1.807) is 0 Å². The Morgan fingerprint density at radius 3 is 1.81 bits per heavy atom. The van der Waals surface area contributed by atoms with Crippen LogP contribution in [-0.2, 0) is 22.7 Å². The van der Waals surface area contributed by atoms with Gasteiger partial charge < -0.3 is 19.1 Å². The standard InChI is InChI=1S/C65H62B2IN3O/c1-12-13-15-39-19-24-44(25-20-39)69-53-28-18-38(2)30-49(53)67-50-36-51-58(37-54(50)70(45-26-22-43(68)23-27-45)56-33-41(64(6,7)8)32-55(69)60(56)67)72-59-35-42(65(9,10)11)34-57-61(59)66(51)48-17-14-16-46-47-31-40(63(3,4)5)21-29-52(47)71(57)62(46)48/h14,16-37H,12-13,15H2,1-11H3. The smallest absolute Gasteiger partial charge is 0.256 e. The Labute approximate surface area is 440 Å². The molecular weight excluding hydrogens is 987 g/mol.